The van der Waals surface area contributed by atoms with Crippen LogP contribution in [-0.4, -0.2) is 48.4 Å². The molecule has 1 fully saturated rings. The molecule has 0 aromatic heterocycles. The van der Waals surface area contributed by atoms with Crippen molar-refractivity contribution < 1.29 is 23.9 Å². The standard InChI is InChI=1S/C15H18N2O5/c1-4-7-16-13(18)14(19)17(15(16)20)9-10-8-11(21-2)5-6-12(10)22-3/h5-6,8H,4,7,9H2,1-3H3. The minimum atomic E-state index is -0.816. The number of carbonyl (C=O) groups excluding carboxylic acids is 3. The predicted octanol–water partition coefficient (Wildman–Crippen LogP) is 1.40. The molecule has 7 heteroatoms. The van der Waals surface area contributed by atoms with Crippen molar-refractivity contribution in [1.82, 2.24) is 9.80 Å². The summed E-state index contributed by atoms with van der Waals surface area (Å²) in [7, 11) is 3.01. The van der Waals surface area contributed by atoms with Crippen LogP contribution in [0.3, 0.4) is 0 Å². The summed E-state index contributed by atoms with van der Waals surface area (Å²) in [6.07, 6.45) is 0.598. The third-order valence-corrected chi connectivity index (χ3v) is 3.40. The molecule has 0 radical (unpaired) electrons. The Hall–Kier alpha value is -2.57. The molecule has 0 spiro atoms. The zero-order valence-electron chi connectivity index (χ0n) is 12.8. The first kappa shape index (κ1) is 15.8. The van der Waals surface area contributed by atoms with E-state index in [9.17, 15) is 14.4 Å². The highest BCUT2D eigenvalue weighted by Crippen LogP contribution is 2.27. The maximum atomic E-state index is 12.2. The van der Waals surface area contributed by atoms with Gasteiger partial charge in [0.1, 0.15) is 11.5 Å². The van der Waals surface area contributed by atoms with Gasteiger partial charge in [0, 0.05) is 12.1 Å². The second kappa shape index (κ2) is 6.46. The van der Waals surface area contributed by atoms with Crippen LogP contribution in [0.2, 0.25) is 0 Å². The van der Waals surface area contributed by atoms with Crippen molar-refractivity contribution in [1.29, 1.82) is 0 Å². The molecule has 0 aliphatic carbocycles. The summed E-state index contributed by atoms with van der Waals surface area (Å²) >= 11 is 0. The first-order valence-corrected chi connectivity index (χ1v) is 6.91. The Morgan fingerprint density at radius 2 is 1.68 bits per heavy atom. The number of imide groups is 2. The molecule has 2 rings (SSSR count). The van der Waals surface area contributed by atoms with Crippen LogP contribution in [0.15, 0.2) is 18.2 Å². The van der Waals surface area contributed by atoms with Crippen LogP contribution in [0.5, 0.6) is 11.5 Å². The number of methoxy groups -OCH3 is 2. The van der Waals surface area contributed by atoms with Gasteiger partial charge in [0.05, 0.1) is 20.8 Å². The van der Waals surface area contributed by atoms with Crippen LogP contribution in [0, 0.1) is 0 Å². The lowest BCUT2D eigenvalue weighted by atomic mass is 10.1. The molecule has 22 heavy (non-hydrogen) atoms. The number of carbonyl (C=O) groups is 3. The normalized spacial score (nSPS) is 14.8. The summed E-state index contributed by atoms with van der Waals surface area (Å²) in [4.78, 5) is 37.9. The Labute approximate surface area is 128 Å². The summed E-state index contributed by atoms with van der Waals surface area (Å²) in [6, 6.07) is 4.48. The van der Waals surface area contributed by atoms with Crippen molar-refractivity contribution in [2.45, 2.75) is 19.9 Å². The quantitative estimate of drug-likeness (QED) is 0.586. The molecule has 1 saturated heterocycles. The van der Waals surface area contributed by atoms with Crippen LogP contribution >= 0.6 is 0 Å². The highest BCUT2D eigenvalue weighted by Gasteiger charge is 2.44. The van der Waals surface area contributed by atoms with Gasteiger partial charge in [-0.15, -0.1) is 0 Å². The largest absolute Gasteiger partial charge is 0.497 e. The van der Waals surface area contributed by atoms with Crippen molar-refractivity contribution in [3.63, 3.8) is 0 Å². The monoisotopic (exact) mass is 306 g/mol. The SMILES string of the molecule is CCCN1C(=O)C(=O)N(Cc2cc(OC)ccc2OC)C1=O. The van der Waals surface area contributed by atoms with Gasteiger partial charge in [-0.2, -0.15) is 0 Å². The van der Waals surface area contributed by atoms with Crippen molar-refractivity contribution in [2.24, 2.45) is 0 Å². The average molecular weight is 306 g/mol. The molecule has 1 aromatic carbocycles. The number of amides is 4. The smallest absolute Gasteiger partial charge is 0.334 e. The van der Waals surface area contributed by atoms with E-state index in [0.717, 1.165) is 9.80 Å². The van der Waals surface area contributed by atoms with Gasteiger partial charge >= 0.3 is 17.8 Å². The maximum absolute atomic E-state index is 12.2. The lowest BCUT2D eigenvalue weighted by molar-refractivity contribution is -0.143. The molecule has 118 valence electrons. The first-order chi connectivity index (χ1) is 10.5. The molecular formula is C15H18N2O5. The van der Waals surface area contributed by atoms with Gasteiger partial charge in [0.25, 0.3) is 0 Å². The fourth-order valence-corrected chi connectivity index (χ4v) is 2.29. The van der Waals surface area contributed by atoms with Crippen LogP contribution in [0.1, 0.15) is 18.9 Å². The number of benzene rings is 1. The minimum absolute atomic E-state index is 0.0377. The lowest BCUT2D eigenvalue weighted by Gasteiger charge is -2.17. The van der Waals surface area contributed by atoms with E-state index in [1.807, 2.05) is 6.92 Å². The molecule has 0 saturated carbocycles. The van der Waals surface area contributed by atoms with Crippen LogP contribution in [0.25, 0.3) is 0 Å². The number of ether oxygens (including phenoxy) is 2. The summed E-state index contributed by atoms with van der Waals surface area (Å²) in [5.74, 6) is -0.508. The molecule has 4 amide bonds. The highest BCUT2D eigenvalue weighted by molar-refractivity contribution is 6.44. The summed E-state index contributed by atoms with van der Waals surface area (Å²) in [5.41, 5.74) is 0.592. The van der Waals surface area contributed by atoms with E-state index in [2.05, 4.69) is 0 Å². The van der Waals surface area contributed by atoms with Crippen molar-refractivity contribution in [3.8, 4) is 11.5 Å². The van der Waals surface area contributed by atoms with Crippen LogP contribution in [0.4, 0.5) is 4.79 Å². The number of urea groups is 1. The number of hydrogen-bond donors (Lipinski definition) is 0. The zero-order chi connectivity index (χ0) is 16.3. The number of rotatable bonds is 6. The fourth-order valence-electron chi connectivity index (χ4n) is 2.29. The summed E-state index contributed by atoms with van der Waals surface area (Å²) in [6.45, 7) is 2.03. The van der Waals surface area contributed by atoms with E-state index in [1.54, 1.807) is 18.2 Å². The third kappa shape index (κ3) is 2.74. The second-order valence-electron chi connectivity index (χ2n) is 4.81. The molecule has 0 atom stereocenters. The van der Waals surface area contributed by atoms with Crippen molar-refractivity contribution in [2.75, 3.05) is 20.8 Å². The van der Waals surface area contributed by atoms with Gasteiger partial charge in [-0.3, -0.25) is 19.4 Å². The fraction of sp³-hybridized carbons (Fsp3) is 0.400. The van der Waals surface area contributed by atoms with Crippen molar-refractivity contribution in [3.05, 3.63) is 23.8 Å². The highest BCUT2D eigenvalue weighted by atomic mass is 16.5. The summed E-state index contributed by atoms with van der Waals surface area (Å²) < 4.78 is 10.4. The minimum Gasteiger partial charge on any atom is -0.497 e. The predicted molar refractivity (Wildman–Crippen MR) is 77.5 cm³/mol. The Bertz CT molecular complexity index is 614. The molecular weight excluding hydrogens is 288 g/mol. The Kier molecular flexibility index (Phi) is 4.65. The van der Waals surface area contributed by atoms with E-state index < -0.39 is 17.8 Å². The zero-order valence-corrected chi connectivity index (χ0v) is 12.8. The van der Waals surface area contributed by atoms with Crippen LogP contribution in [-0.2, 0) is 16.1 Å². The molecule has 0 unspecified atom stereocenters. The molecule has 1 aliphatic heterocycles. The van der Waals surface area contributed by atoms with Gasteiger partial charge < -0.3 is 9.47 Å². The van der Waals surface area contributed by atoms with Gasteiger partial charge in [-0.1, -0.05) is 6.92 Å². The molecule has 7 nitrogen and oxygen atoms in total. The van der Waals surface area contributed by atoms with Gasteiger partial charge in [0.2, 0.25) is 0 Å². The number of nitrogens with zero attached hydrogens (tertiary/aromatic N) is 2. The lowest BCUT2D eigenvalue weighted by Crippen LogP contribution is -2.33. The first-order valence-electron chi connectivity index (χ1n) is 6.91. The Balaban J connectivity index is 2.28. The van der Waals surface area contributed by atoms with Crippen LogP contribution < -0.4 is 9.47 Å². The van der Waals surface area contributed by atoms with E-state index in [0.29, 0.717) is 23.5 Å². The molecule has 1 aromatic rings. The maximum Gasteiger partial charge on any atom is 0.334 e. The molecule has 0 bridgehead atoms. The molecule has 0 N–H and O–H groups in total. The van der Waals surface area contributed by atoms with Gasteiger partial charge in [0.15, 0.2) is 0 Å². The third-order valence-electron chi connectivity index (χ3n) is 3.40. The van der Waals surface area contributed by atoms with E-state index in [4.69, 9.17) is 9.47 Å². The topological polar surface area (TPSA) is 76.2 Å². The van der Waals surface area contributed by atoms with E-state index in [1.165, 1.54) is 14.2 Å². The summed E-state index contributed by atoms with van der Waals surface area (Å²) in [5, 5.41) is 0. The van der Waals surface area contributed by atoms with E-state index >= 15 is 0 Å². The molecule has 1 heterocycles. The van der Waals surface area contributed by atoms with Crippen molar-refractivity contribution >= 4 is 17.8 Å². The Morgan fingerprint density at radius 1 is 1.00 bits per heavy atom. The van der Waals surface area contributed by atoms with Gasteiger partial charge in [-0.05, 0) is 24.6 Å². The second-order valence-corrected chi connectivity index (χ2v) is 4.81. The van der Waals surface area contributed by atoms with Gasteiger partial charge in [-0.25, -0.2) is 4.79 Å². The average Bonchev–Trinajstić information content (AvgIpc) is 2.73. The molecule has 1 aliphatic rings. The van der Waals surface area contributed by atoms with E-state index in [-0.39, 0.29) is 13.1 Å². The Morgan fingerprint density at radius 3 is 2.27 bits per heavy atom. The number of hydrogen-bond acceptors (Lipinski definition) is 5.